The molecule has 1 aliphatic rings. The number of hydrogen-bond donors (Lipinski definition) is 14. The van der Waals surface area contributed by atoms with Gasteiger partial charge in [0.2, 0.25) is 53.2 Å². The molecule has 0 radical (unpaired) electrons. The molecule has 0 aliphatic carbocycles. The Morgan fingerprint density at radius 3 is 1.53 bits per heavy atom. The van der Waals surface area contributed by atoms with Crippen LogP contribution in [0, 0.1) is 11.8 Å². The first-order chi connectivity index (χ1) is 33.5. The molecule has 1 aliphatic heterocycles. The van der Waals surface area contributed by atoms with Crippen LogP contribution in [-0.2, 0) is 57.5 Å². The van der Waals surface area contributed by atoms with E-state index in [1.54, 1.807) is 27.7 Å². The lowest BCUT2D eigenvalue weighted by atomic mass is 10.00. The van der Waals surface area contributed by atoms with Crippen LogP contribution in [0.4, 0.5) is 0 Å². The molecule has 0 aromatic carbocycles. The number of carbonyl (C=O) groups excluding carboxylic acids is 9. The van der Waals surface area contributed by atoms with Crippen LogP contribution >= 0.6 is 11.8 Å². The van der Waals surface area contributed by atoms with Crippen LogP contribution < -0.4 is 48.7 Å². The summed E-state index contributed by atoms with van der Waals surface area (Å²) in [6, 6.07) is -13.9. The number of aliphatic carboxylic acids is 3. The Labute approximate surface area is 421 Å². The van der Waals surface area contributed by atoms with Gasteiger partial charge in [0, 0.05) is 19.4 Å². The lowest BCUT2D eigenvalue weighted by Crippen LogP contribution is -2.61. The summed E-state index contributed by atoms with van der Waals surface area (Å²) in [6.45, 7) is 8.94. The molecule has 0 unspecified atom stereocenters. The predicted octanol–water partition coefficient (Wildman–Crippen LogP) is -4.01. The minimum atomic E-state index is -1.87. The Balaban J connectivity index is 3.47. The van der Waals surface area contributed by atoms with Crippen LogP contribution in [0.1, 0.15) is 106 Å². The topological polar surface area (TPSA) is 445 Å². The summed E-state index contributed by atoms with van der Waals surface area (Å²) >= 11 is 1.46. The van der Waals surface area contributed by atoms with E-state index in [9.17, 15) is 83.1 Å². The Morgan fingerprint density at radius 2 is 1.06 bits per heavy atom. The standard InChI is InChI=1S/C44H74N10O17S/c1-20(2)17-27(49-36(62)24(45)14-16-72-7)39(65)51-29(19-33(60)61)40(66)50-28(18-21(3)4)38(64)48-26(10-12-31(46)57)43(69)54-15-8-9-30(54)41(67)47-25(11-13-32(58)59)37(63)52-34(22(5)55)42(68)53-35(23(6)56)44(70)71/h20-30,34-35,55-56H,8-19,45H2,1-7H3,(H2,46,57)(H,47,67)(H,48,64)(H,49,62)(H,50,66)(H,51,65)(H,52,63)(H,53,68)(H,58,59)(H,60,61)(H,70,71)/t22-,23-,24+,25+,26+,27+,28+,29+,30+,34+,35+/m1/s1. The normalized spacial score (nSPS) is 17.6. The first kappa shape index (κ1) is 63.9. The van der Waals surface area contributed by atoms with Gasteiger partial charge in [-0.05, 0) is 82.6 Å². The summed E-state index contributed by atoms with van der Waals surface area (Å²) < 4.78 is 0. The number of carboxylic acids is 3. The van der Waals surface area contributed by atoms with Gasteiger partial charge < -0.3 is 79.1 Å². The maximum absolute atomic E-state index is 14.3. The lowest BCUT2D eigenvalue weighted by molar-refractivity contribution is -0.146. The Morgan fingerprint density at radius 1 is 0.583 bits per heavy atom. The van der Waals surface area contributed by atoms with Gasteiger partial charge in [0.15, 0.2) is 6.04 Å². The molecule has 1 heterocycles. The van der Waals surface area contributed by atoms with Crippen LogP contribution in [0.3, 0.4) is 0 Å². The number of nitrogens with two attached hydrogens (primary N) is 2. The highest BCUT2D eigenvalue weighted by molar-refractivity contribution is 7.98. The van der Waals surface area contributed by atoms with Gasteiger partial charge in [0.25, 0.3) is 0 Å². The SMILES string of the molecule is CSCC[C@H](N)C(=O)N[C@@H](CC(C)C)C(=O)N[C@@H](CC(=O)O)C(=O)N[C@@H](CC(C)C)C(=O)N[C@@H](CCC(N)=O)C(=O)N1CCC[C@H]1C(=O)N[C@@H](CCC(=O)O)C(=O)N[C@H](C(=O)N[C@H](C(=O)O)[C@@H](C)O)[C@@H](C)O. The molecule has 1 fully saturated rings. The van der Waals surface area contributed by atoms with Crippen LogP contribution in [-0.4, -0.2) is 187 Å². The molecule has 28 heteroatoms. The van der Waals surface area contributed by atoms with Crippen molar-refractivity contribution in [2.75, 3.05) is 18.6 Å². The number of carboxylic acid groups (broad SMARTS) is 3. The molecule has 72 heavy (non-hydrogen) atoms. The molecule has 0 bridgehead atoms. The summed E-state index contributed by atoms with van der Waals surface area (Å²) in [7, 11) is 0. The summed E-state index contributed by atoms with van der Waals surface area (Å²) in [4.78, 5) is 157. The van der Waals surface area contributed by atoms with Crippen molar-refractivity contribution in [3.05, 3.63) is 0 Å². The fourth-order valence-electron chi connectivity index (χ4n) is 7.40. The van der Waals surface area contributed by atoms with Crippen molar-refractivity contribution in [3.8, 4) is 0 Å². The zero-order valence-corrected chi connectivity index (χ0v) is 42.5. The van der Waals surface area contributed by atoms with Gasteiger partial charge in [-0.2, -0.15) is 11.8 Å². The third kappa shape index (κ3) is 22.5. The van der Waals surface area contributed by atoms with E-state index in [0.717, 1.165) is 18.7 Å². The smallest absolute Gasteiger partial charge is 0.328 e. The van der Waals surface area contributed by atoms with E-state index in [4.69, 9.17) is 11.5 Å². The van der Waals surface area contributed by atoms with Crippen molar-refractivity contribution in [2.24, 2.45) is 23.3 Å². The molecule has 0 saturated carbocycles. The van der Waals surface area contributed by atoms with Gasteiger partial charge >= 0.3 is 17.9 Å². The second-order valence-corrected chi connectivity index (χ2v) is 19.5. The zero-order chi connectivity index (χ0) is 55.2. The number of nitrogens with zero attached hydrogens (tertiary/aromatic N) is 1. The van der Waals surface area contributed by atoms with Gasteiger partial charge in [-0.25, -0.2) is 4.79 Å². The number of aliphatic hydroxyl groups is 2. The average molecular weight is 1050 g/mol. The number of rotatable bonds is 33. The molecular weight excluding hydrogens is 973 g/mol. The second-order valence-electron chi connectivity index (χ2n) is 18.5. The maximum Gasteiger partial charge on any atom is 0.328 e. The highest BCUT2D eigenvalue weighted by Gasteiger charge is 2.41. The summed E-state index contributed by atoms with van der Waals surface area (Å²) in [5.74, 6) is -13.3. The number of amides is 9. The van der Waals surface area contributed by atoms with Crippen molar-refractivity contribution >= 4 is 82.8 Å². The van der Waals surface area contributed by atoms with Crippen LogP contribution in [0.5, 0.6) is 0 Å². The third-order valence-corrected chi connectivity index (χ3v) is 11.8. The molecule has 27 nitrogen and oxygen atoms in total. The molecule has 1 saturated heterocycles. The van der Waals surface area contributed by atoms with Gasteiger partial charge in [0.05, 0.1) is 24.7 Å². The Bertz CT molecular complexity index is 1940. The van der Waals surface area contributed by atoms with Gasteiger partial charge in [0.1, 0.15) is 42.3 Å². The molecule has 0 aromatic rings. The third-order valence-electron chi connectivity index (χ3n) is 11.2. The van der Waals surface area contributed by atoms with Crippen molar-refractivity contribution in [1.29, 1.82) is 0 Å². The van der Waals surface area contributed by atoms with Gasteiger partial charge in [-0.15, -0.1) is 0 Å². The van der Waals surface area contributed by atoms with E-state index in [0.29, 0.717) is 12.2 Å². The molecule has 408 valence electrons. The number of thioether (sulfide) groups is 1. The van der Waals surface area contributed by atoms with E-state index in [1.165, 1.54) is 11.8 Å². The average Bonchev–Trinajstić information content (AvgIpc) is 3.77. The highest BCUT2D eigenvalue weighted by Crippen LogP contribution is 2.21. The maximum atomic E-state index is 14.3. The molecule has 0 spiro atoms. The molecule has 0 aromatic heterocycles. The molecule has 9 amide bonds. The predicted molar refractivity (Wildman–Crippen MR) is 257 cm³/mol. The number of nitrogens with one attached hydrogen (secondary N) is 7. The summed E-state index contributed by atoms with van der Waals surface area (Å²) in [5, 5.41) is 65.0. The van der Waals surface area contributed by atoms with E-state index >= 15 is 0 Å². The van der Waals surface area contributed by atoms with E-state index in [1.807, 2.05) is 11.6 Å². The Hall–Kier alpha value is -6.13. The second kappa shape index (κ2) is 31.4. The van der Waals surface area contributed by atoms with E-state index in [2.05, 4.69) is 31.9 Å². The van der Waals surface area contributed by atoms with Crippen LogP contribution in [0.25, 0.3) is 0 Å². The van der Waals surface area contributed by atoms with Crippen LogP contribution in [0.2, 0.25) is 0 Å². The fourth-order valence-corrected chi connectivity index (χ4v) is 7.89. The zero-order valence-electron chi connectivity index (χ0n) is 41.6. The minimum Gasteiger partial charge on any atom is -0.481 e. The van der Waals surface area contributed by atoms with Gasteiger partial charge in [-0.3, -0.25) is 52.7 Å². The number of aliphatic hydroxyl groups excluding tert-OH is 2. The minimum absolute atomic E-state index is 0.0226. The summed E-state index contributed by atoms with van der Waals surface area (Å²) in [6.07, 6.45) is -4.13. The molecule has 16 N–H and O–H groups in total. The lowest BCUT2D eigenvalue weighted by Gasteiger charge is -2.31. The fraction of sp³-hybridized carbons (Fsp3) is 0.727. The Kier molecular flexibility index (Phi) is 27.8. The number of likely N-dealkylation sites (tertiary alicyclic amines) is 1. The number of hydrogen-bond acceptors (Lipinski definition) is 16. The quantitative estimate of drug-likeness (QED) is 0.0298. The van der Waals surface area contributed by atoms with Crippen molar-refractivity contribution < 1.29 is 83.1 Å². The largest absolute Gasteiger partial charge is 0.481 e. The molecular formula is C44H74N10O17S. The van der Waals surface area contributed by atoms with Gasteiger partial charge in [-0.1, -0.05) is 27.7 Å². The molecule has 1 rings (SSSR count). The molecule has 11 atom stereocenters. The van der Waals surface area contributed by atoms with Crippen molar-refractivity contribution in [3.63, 3.8) is 0 Å². The van der Waals surface area contributed by atoms with E-state index in [-0.39, 0.29) is 44.1 Å². The summed E-state index contributed by atoms with van der Waals surface area (Å²) in [5.41, 5.74) is 11.4. The highest BCUT2D eigenvalue weighted by atomic mass is 32.2. The first-order valence-corrected chi connectivity index (χ1v) is 24.9. The first-order valence-electron chi connectivity index (χ1n) is 23.5. The van der Waals surface area contributed by atoms with E-state index < -0.39 is 170 Å². The monoisotopic (exact) mass is 1050 g/mol. The van der Waals surface area contributed by atoms with Crippen molar-refractivity contribution in [2.45, 2.75) is 172 Å². The van der Waals surface area contributed by atoms with Crippen molar-refractivity contribution in [1.82, 2.24) is 42.1 Å². The number of primary amides is 1. The van der Waals surface area contributed by atoms with Crippen LogP contribution in [0.15, 0.2) is 0 Å². The number of carbonyl (C=O) groups is 12.